The van der Waals surface area contributed by atoms with Crippen molar-refractivity contribution >= 4 is 6.29 Å². The molecule has 0 spiro atoms. The second-order valence-electron chi connectivity index (χ2n) is 3.10. The fourth-order valence-corrected chi connectivity index (χ4v) is 1.42. The van der Waals surface area contributed by atoms with E-state index in [4.69, 9.17) is 0 Å². The predicted octanol–water partition coefficient (Wildman–Crippen LogP) is 1.78. The number of carbonyl (C=O) groups is 1. The minimum absolute atomic E-state index is 0.582. The minimum atomic E-state index is 0.582. The summed E-state index contributed by atoms with van der Waals surface area (Å²) >= 11 is 0. The Bertz CT molecular complexity index is 462. The molecule has 2 aromatic heterocycles. The van der Waals surface area contributed by atoms with E-state index in [-0.39, 0.29) is 0 Å². The Morgan fingerprint density at radius 1 is 1.40 bits per heavy atom. The molecule has 76 valence electrons. The van der Waals surface area contributed by atoms with Gasteiger partial charge in [-0.3, -0.25) is 14.5 Å². The number of aromatic nitrogens is 3. The zero-order valence-electron chi connectivity index (χ0n) is 8.42. The third-order valence-corrected chi connectivity index (χ3v) is 2.16. The summed E-state index contributed by atoms with van der Waals surface area (Å²) in [5.41, 5.74) is 2.10. The molecule has 4 nitrogen and oxygen atoms in total. The van der Waals surface area contributed by atoms with Gasteiger partial charge in [0.25, 0.3) is 0 Å². The van der Waals surface area contributed by atoms with Crippen LogP contribution in [0.3, 0.4) is 0 Å². The van der Waals surface area contributed by atoms with Gasteiger partial charge in [-0.15, -0.1) is 0 Å². The number of carbonyl (C=O) groups excluding carboxylic acids is 1. The number of aryl methyl sites for hydroxylation is 1. The number of hydrogen-bond donors (Lipinski definition) is 0. The van der Waals surface area contributed by atoms with Crippen LogP contribution in [-0.4, -0.2) is 21.1 Å². The van der Waals surface area contributed by atoms with E-state index >= 15 is 0 Å². The summed E-state index contributed by atoms with van der Waals surface area (Å²) in [4.78, 5) is 14.9. The lowest BCUT2D eigenvalue weighted by Crippen LogP contribution is -2.01. The van der Waals surface area contributed by atoms with Gasteiger partial charge in [0.1, 0.15) is 11.4 Å². The number of rotatable bonds is 3. The smallest absolute Gasteiger partial charge is 0.168 e. The van der Waals surface area contributed by atoms with Gasteiger partial charge in [-0.25, -0.2) is 0 Å². The highest BCUT2D eigenvalue weighted by molar-refractivity contribution is 5.75. The van der Waals surface area contributed by atoms with Crippen molar-refractivity contribution in [3.8, 4) is 11.4 Å². The molecule has 0 atom stereocenters. The lowest BCUT2D eigenvalue weighted by atomic mass is 10.2. The maximum absolute atomic E-state index is 10.7. The van der Waals surface area contributed by atoms with Crippen LogP contribution in [0.25, 0.3) is 11.4 Å². The Labute approximate surface area is 87.6 Å². The van der Waals surface area contributed by atoms with Crippen molar-refractivity contribution in [2.45, 2.75) is 13.5 Å². The highest BCUT2D eigenvalue weighted by Crippen LogP contribution is 2.15. The van der Waals surface area contributed by atoms with Crippen molar-refractivity contribution < 1.29 is 4.79 Å². The molecule has 0 aromatic carbocycles. The highest BCUT2D eigenvalue weighted by atomic mass is 16.1. The molecule has 0 radical (unpaired) electrons. The molecule has 0 aliphatic rings. The third-order valence-electron chi connectivity index (χ3n) is 2.16. The summed E-state index contributed by atoms with van der Waals surface area (Å²) < 4.78 is 1.66. The molecule has 4 heteroatoms. The first-order valence-electron chi connectivity index (χ1n) is 4.79. The maximum atomic E-state index is 10.7. The van der Waals surface area contributed by atoms with E-state index in [9.17, 15) is 4.79 Å². The van der Waals surface area contributed by atoms with E-state index in [1.807, 2.05) is 25.1 Å². The zero-order chi connectivity index (χ0) is 10.7. The molecule has 0 amide bonds. The quantitative estimate of drug-likeness (QED) is 0.711. The van der Waals surface area contributed by atoms with Gasteiger partial charge in [0, 0.05) is 12.7 Å². The average molecular weight is 201 g/mol. The Kier molecular flexibility index (Phi) is 2.58. The lowest BCUT2D eigenvalue weighted by Gasteiger charge is -1.96. The van der Waals surface area contributed by atoms with Crippen LogP contribution in [0, 0.1) is 0 Å². The number of aldehydes is 1. The first kappa shape index (κ1) is 9.58. The van der Waals surface area contributed by atoms with Gasteiger partial charge < -0.3 is 0 Å². The van der Waals surface area contributed by atoms with Crippen molar-refractivity contribution in [1.29, 1.82) is 0 Å². The van der Waals surface area contributed by atoms with E-state index in [0.29, 0.717) is 12.2 Å². The normalized spacial score (nSPS) is 10.2. The van der Waals surface area contributed by atoms with E-state index < -0.39 is 0 Å². The predicted molar refractivity (Wildman–Crippen MR) is 56.5 cm³/mol. The van der Waals surface area contributed by atoms with Crippen molar-refractivity contribution in [2.24, 2.45) is 0 Å². The van der Waals surface area contributed by atoms with Crippen molar-refractivity contribution in [3.63, 3.8) is 0 Å². The van der Waals surface area contributed by atoms with Gasteiger partial charge in [0.15, 0.2) is 6.29 Å². The summed E-state index contributed by atoms with van der Waals surface area (Å²) in [7, 11) is 0. The van der Waals surface area contributed by atoms with E-state index in [0.717, 1.165) is 17.7 Å². The van der Waals surface area contributed by atoms with Crippen molar-refractivity contribution in [3.05, 3.63) is 36.2 Å². The van der Waals surface area contributed by atoms with Crippen molar-refractivity contribution in [1.82, 2.24) is 14.8 Å². The largest absolute Gasteiger partial charge is 0.296 e. The number of nitrogens with zero attached hydrogens (tertiary/aromatic N) is 3. The molecule has 0 fully saturated rings. The highest BCUT2D eigenvalue weighted by Gasteiger charge is 2.07. The monoisotopic (exact) mass is 201 g/mol. The Balaban J connectivity index is 2.46. The first-order valence-corrected chi connectivity index (χ1v) is 4.79. The zero-order valence-corrected chi connectivity index (χ0v) is 8.42. The molecule has 0 saturated heterocycles. The molecule has 0 saturated carbocycles. The molecular formula is C11H11N3O. The summed E-state index contributed by atoms with van der Waals surface area (Å²) in [6.45, 7) is 2.63. The Morgan fingerprint density at radius 3 is 2.80 bits per heavy atom. The van der Waals surface area contributed by atoms with Crippen LogP contribution in [0.15, 0.2) is 30.5 Å². The standard InChI is InChI=1S/C11H11N3O/c1-2-14-9(8-15)7-11(13-14)10-5-3-4-6-12-10/h3-8H,2H2,1H3. The van der Waals surface area contributed by atoms with Gasteiger partial charge in [-0.2, -0.15) is 5.10 Å². The van der Waals surface area contributed by atoms with Crippen LogP contribution < -0.4 is 0 Å². The van der Waals surface area contributed by atoms with Crippen LogP contribution >= 0.6 is 0 Å². The number of pyridine rings is 1. The molecule has 2 rings (SSSR count). The van der Waals surface area contributed by atoms with Crippen LogP contribution in [0.1, 0.15) is 17.4 Å². The van der Waals surface area contributed by atoms with Crippen LogP contribution in [0.5, 0.6) is 0 Å². The topological polar surface area (TPSA) is 47.8 Å². The fourth-order valence-electron chi connectivity index (χ4n) is 1.42. The average Bonchev–Trinajstić information content (AvgIpc) is 2.73. The lowest BCUT2D eigenvalue weighted by molar-refractivity contribution is 0.111. The fraction of sp³-hybridized carbons (Fsp3) is 0.182. The Morgan fingerprint density at radius 2 is 2.27 bits per heavy atom. The van der Waals surface area contributed by atoms with Crippen LogP contribution in [-0.2, 0) is 6.54 Å². The summed E-state index contributed by atoms with van der Waals surface area (Å²) in [6.07, 6.45) is 2.52. The third kappa shape index (κ3) is 1.79. The molecular weight excluding hydrogens is 190 g/mol. The van der Waals surface area contributed by atoms with Crippen LogP contribution in [0.2, 0.25) is 0 Å². The van der Waals surface area contributed by atoms with Gasteiger partial charge in [-0.05, 0) is 25.1 Å². The van der Waals surface area contributed by atoms with Gasteiger partial charge in [0.2, 0.25) is 0 Å². The molecule has 2 heterocycles. The molecule has 15 heavy (non-hydrogen) atoms. The molecule has 0 N–H and O–H groups in total. The maximum Gasteiger partial charge on any atom is 0.168 e. The molecule has 0 unspecified atom stereocenters. The minimum Gasteiger partial charge on any atom is -0.296 e. The first-order chi connectivity index (χ1) is 7.35. The second kappa shape index (κ2) is 4.04. The molecule has 0 aliphatic heterocycles. The van der Waals surface area contributed by atoms with E-state index in [2.05, 4.69) is 10.1 Å². The van der Waals surface area contributed by atoms with Gasteiger partial charge in [0.05, 0.1) is 5.69 Å². The van der Waals surface area contributed by atoms with Gasteiger partial charge in [-0.1, -0.05) is 6.07 Å². The molecule has 0 aliphatic carbocycles. The van der Waals surface area contributed by atoms with Gasteiger partial charge >= 0.3 is 0 Å². The summed E-state index contributed by atoms with van der Waals surface area (Å²) in [5, 5.41) is 4.29. The second-order valence-corrected chi connectivity index (χ2v) is 3.10. The SMILES string of the molecule is CCn1nc(-c2ccccn2)cc1C=O. The summed E-state index contributed by atoms with van der Waals surface area (Å²) in [5.74, 6) is 0. The van der Waals surface area contributed by atoms with Crippen molar-refractivity contribution in [2.75, 3.05) is 0 Å². The van der Waals surface area contributed by atoms with E-state index in [1.165, 1.54) is 0 Å². The number of hydrogen-bond acceptors (Lipinski definition) is 3. The molecule has 0 bridgehead atoms. The Hall–Kier alpha value is -1.97. The van der Waals surface area contributed by atoms with Crippen LogP contribution in [0.4, 0.5) is 0 Å². The molecule has 2 aromatic rings. The summed E-state index contributed by atoms with van der Waals surface area (Å²) in [6, 6.07) is 7.37. The van der Waals surface area contributed by atoms with E-state index in [1.54, 1.807) is 16.9 Å².